The zero-order valence-electron chi connectivity index (χ0n) is 13.2. The molecule has 1 heterocycles. The number of rotatable bonds is 2. The van der Waals surface area contributed by atoms with Crippen molar-refractivity contribution in [3.8, 4) is 6.07 Å². The number of anilines is 1. The van der Waals surface area contributed by atoms with E-state index >= 15 is 0 Å². The predicted octanol–water partition coefficient (Wildman–Crippen LogP) is 1.49. The molecule has 1 saturated heterocycles. The first-order valence-corrected chi connectivity index (χ1v) is 8.26. The average Bonchev–Trinajstić information content (AvgIpc) is 2.53. The fraction of sp³-hybridized carbons (Fsp3) is 0.438. The fourth-order valence-electron chi connectivity index (χ4n) is 2.45. The van der Waals surface area contributed by atoms with E-state index in [0.717, 1.165) is 10.2 Å². The zero-order chi connectivity index (χ0) is 17.0. The van der Waals surface area contributed by atoms with Crippen LogP contribution in [-0.4, -0.2) is 48.9 Å². The third-order valence-corrected chi connectivity index (χ3v) is 4.23. The summed E-state index contributed by atoms with van der Waals surface area (Å²) in [5.41, 5.74) is 1.59. The van der Waals surface area contributed by atoms with Gasteiger partial charge in [-0.05, 0) is 48.0 Å². The van der Waals surface area contributed by atoms with E-state index in [0.29, 0.717) is 31.7 Å². The summed E-state index contributed by atoms with van der Waals surface area (Å²) in [6.45, 7) is 5.93. The van der Waals surface area contributed by atoms with E-state index in [1.165, 1.54) is 0 Å². The first kappa shape index (κ1) is 17.3. The van der Waals surface area contributed by atoms with Gasteiger partial charge in [-0.25, -0.2) is 0 Å². The molecule has 7 heteroatoms. The highest BCUT2D eigenvalue weighted by Crippen LogP contribution is 2.28. The molecule has 0 saturated carbocycles. The standard InChI is InChI=1S/C16H19BrN4O2/c1-11(2)19-15(22)16(23)21-7-5-20(6-8-21)14-4-3-12(10-18)9-13(14)17/h3-4,9,11H,5-8H2,1-2H3,(H,19,22). The SMILES string of the molecule is CC(C)NC(=O)C(=O)N1CCN(c2ccc(C#N)cc2Br)CC1. The van der Waals surface area contributed by atoms with Crippen LogP contribution in [0.15, 0.2) is 22.7 Å². The van der Waals surface area contributed by atoms with Gasteiger partial charge in [0.2, 0.25) is 0 Å². The number of nitriles is 1. The van der Waals surface area contributed by atoms with Gasteiger partial charge in [-0.1, -0.05) is 0 Å². The van der Waals surface area contributed by atoms with Crippen LogP contribution in [0.2, 0.25) is 0 Å². The Morgan fingerprint density at radius 2 is 1.91 bits per heavy atom. The quantitative estimate of drug-likeness (QED) is 0.791. The lowest BCUT2D eigenvalue weighted by molar-refractivity contribution is -0.146. The van der Waals surface area contributed by atoms with Crippen LogP contribution in [0.4, 0.5) is 5.69 Å². The monoisotopic (exact) mass is 378 g/mol. The number of nitrogens with zero attached hydrogens (tertiary/aromatic N) is 3. The molecular formula is C16H19BrN4O2. The van der Waals surface area contributed by atoms with Gasteiger partial charge < -0.3 is 15.1 Å². The number of halogens is 1. The lowest BCUT2D eigenvalue weighted by atomic mass is 10.2. The number of hydrogen-bond acceptors (Lipinski definition) is 4. The fourth-order valence-corrected chi connectivity index (χ4v) is 3.08. The number of benzene rings is 1. The van der Waals surface area contributed by atoms with Crippen LogP contribution >= 0.6 is 15.9 Å². The maximum Gasteiger partial charge on any atom is 0.312 e. The summed E-state index contributed by atoms with van der Waals surface area (Å²) in [4.78, 5) is 27.6. The Hall–Kier alpha value is -2.07. The second-order valence-corrected chi connectivity index (χ2v) is 6.54. The smallest absolute Gasteiger partial charge is 0.312 e. The van der Waals surface area contributed by atoms with Crippen LogP contribution in [-0.2, 0) is 9.59 Å². The summed E-state index contributed by atoms with van der Waals surface area (Å²) in [7, 11) is 0. The third-order valence-electron chi connectivity index (χ3n) is 3.60. The second-order valence-electron chi connectivity index (χ2n) is 5.69. The van der Waals surface area contributed by atoms with Crippen LogP contribution < -0.4 is 10.2 Å². The lowest BCUT2D eigenvalue weighted by Crippen LogP contribution is -2.53. The van der Waals surface area contributed by atoms with Gasteiger partial charge in [0.25, 0.3) is 0 Å². The average molecular weight is 379 g/mol. The molecular weight excluding hydrogens is 360 g/mol. The molecule has 1 aliphatic heterocycles. The van der Waals surface area contributed by atoms with Crippen molar-refractivity contribution in [2.75, 3.05) is 31.1 Å². The summed E-state index contributed by atoms with van der Waals surface area (Å²) < 4.78 is 0.855. The molecule has 1 aromatic rings. The van der Waals surface area contributed by atoms with Crippen molar-refractivity contribution in [2.24, 2.45) is 0 Å². The lowest BCUT2D eigenvalue weighted by Gasteiger charge is -2.36. The van der Waals surface area contributed by atoms with Crippen molar-refractivity contribution in [1.29, 1.82) is 5.26 Å². The molecule has 0 unspecified atom stereocenters. The predicted molar refractivity (Wildman–Crippen MR) is 90.9 cm³/mol. The summed E-state index contributed by atoms with van der Waals surface area (Å²) in [5, 5.41) is 11.5. The molecule has 6 nitrogen and oxygen atoms in total. The van der Waals surface area contributed by atoms with Crippen LogP contribution in [0.3, 0.4) is 0 Å². The van der Waals surface area contributed by atoms with Gasteiger partial charge in [0.15, 0.2) is 0 Å². The van der Waals surface area contributed by atoms with E-state index in [-0.39, 0.29) is 6.04 Å². The van der Waals surface area contributed by atoms with Crippen LogP contribution in [0.25, 0.3) is 0 Å². The molecule has 1 aliphatic rings. The van der Waals surface area contributed by atoms with Crippen molar-refractivity contribution in [2.45, 2.75) is 19.9 Å². The molecule has 0 radical (unpaired) electrons. The Kier molecular flexibility index (Phi) is 5.61. The highest BCUT2D eigenvalue weighted by molar-refractivity contribution is 9.10. The summed E-state index contributed by atoms with van der Waals surface area (Å²) in [6, 6.07) is 7.50. The third kappa shape index (κ3) is 4.23. The normalized spacial score (nSPS) is 14.6. The second kappa shape index (κ2) is 7.47. The number of hydrogen-bond donors (Lipinski definition) is 1. The van der Waals surface area contributed by atoms with E-state index in [9.17, 15) is 9.59 Å². The molecule has 1 aromatic carbocycles. The molecule has 23 heavy (non-hydrogen) atoms. The van der Waals surface area contributed by atoms with Gasteiger partial charge in [0, 0.05) is 36.7 Å². The number of piperazine rings is 1. The van der Waals surface area contributed by atoms with E-state index in [1.807, 2.05) is 19.9 Å². The number of nitrogens with one attached hydrogen (secondary N) is 1. The first-order chi connectivity index (χ1) is 10.9. The molecule has 0 aliphatic carbocycles. The van der Waals surface area contributed by atoms with Crippen LogP contribution in [0.5, 0.6) is 0 Å². The van der Waals surface area contributed by atoms with Crippen molar-refractivity contribution in [3.63, 3.8) is 0 Å². The number of carbonyl (C=O) groups excluding carboxylic acids is 2. The van der Waals surface area contributed by atoms with Crippen molar-refractivity contribution in [3.05, 3.63) is 28.2 Å². The number of amides is 2. The minimum Gasteiger partial charge on any atom is -0.367 e. The molecule has 0 aromatic heterocycles. The summed E-state index contributed by atoms with van der Waals surface area (Å²) >= 11 is 3.48. The molecule has 2 amide bonds. The van der Waals surface area contributed by atoms with Gasteiger partial charge in [-0.3, -0.25) is 9.59 Å². The van der Waals surface area contributed by atoms with Gasteiger partial charge in [0.1, 0.15) is 0 Å². The Bertz CT molecular complexity index is 646. The van der Waals surface area contributed by atoms with Crippen molar-refractivity contribution >= 4 is 33.4 Å². The molecule has 0 bridgehead atoms. The zero-order valence-corrected chi connectivity index (χ0v) is 14.8. The molecule has 1 fully saturated rings. The van der Waals surface area contributed by atoms with E-state index in [2.05, 4.69) is 32.2 Å². The molecule has 122 valence electrons. The van der Waals surface area contributed by atoms with Crippen molar-refractivity contribution < 1.29 is 9.59 Å². The topological polar surface area (TPSA) is 76.4 Å². The summed E-state index contributed by atoms with van der Waals surface area (Å²) in [5.74, 6) is -1.02. The minimum absolute atomic E-state index is 0.0534. The highest BCUT2D eigenvalue weighted by Gasteiger charge is 2.26. The van der Waals surface area contributed by atoms with E-state index in [4.69, 9.17) is 5.26 Å². The Balaban J connectivity index is 1.97. The van der Waals surface area contributed by atoms with E-state index in [1.54, 1.807) is 17.0 Å². The molecule has 1 N–H and O–H groups in total. The number of carbonyl (C=O) groups is 2. The summed E-state index contributed by atoms with van der Waals surface area (Å²) in [6.07, 6.45) is 0. The first-order valence-electron chi connectivity index (χ1n) is 7.46. The Morgan fingerprint density at radius 3 is 2.43 bits per heavy atom. The van der Waals surface area contributed by atoms with Gasteiger partial charge in [0.05, 0.1) is 17.3 Å². The minimum atomic E-state index is -0.548. The highest BCUT2D eigenvalue weighted by atomic mass is 79.9. The van der Waals surface area contributed by atoms with Crippen molar-refractivity contribution in [1.82, 2.24) is 10.2 Å². The maximum atomic E-state index is 12.1. The molecule has 2 rings (SSSR count). The maximum absolute atomic E-state index is 12.1. The largest absolute Gasteiger partial charge is 0.367 e. The Labute approximate surface area is 144 Å². The van der Waals surface area contributed by atoms with Crippen LogP contribution in [0.1, 0.15) is 19.4 Å². The van der Waals surface area contributed by atoms with Crippen LogP contribution in [0, 0.1) is 11.3 Å². The van der Waals surface area contributed by atoms with Gasteiger partial charge in [-0.15, -0.1) is 0 Å². The van der Waals surface area contributed by atoms with Gasteiger partial charge >= 0.3 is 11.8 Å². The molecule has 0 spiro atoms. The van der Waals surface area contributed by atoms with Gasteiger partial charge in [-0.2, -0.15) is 5.26 Å². The molecule has 0 atom stereocenters. The Morgan fingerprint density at radius 1 is 1.26 bits per heavy atom. The van der Waals surface area contributed by atoms with E-state index < -0.39 is 11.8 Å².